The fourth-order valence-electron chi connectivity index (χ4n) is 2.64. The van der Waals surface area contributed by atoms with Gasteiger partial charge in [0.1, 0.15) is 0 Å². The van der Waals surface area contributed by atoms with Crippen LogP contribution >= 0.6 is 0 Å². The Labute approximate surface area is 97.6 Å². The highest BCUT2D eigenvalue weighted by Gasteiger charge is 2.34. The van der Waals surface area contributed by atoms with Crippen molar-refractivity contribution < 1.29 is 4.79 Å². The standard InChI is InChI=1S/C12H23N3O/c1-15-6-3-10(9-15)8-14-11(16)7-12(13)4-2-5-12/h10H,2-9,13H2,1H3,(H,14,16). The van der Waals surface area contributed by atoms with Gasteiger partial charge >= 0.3 is 0 Å². The number of amides is 1. The molecule has 1 unspecified atom stereocenters. The third-order valence-corrected chi connectivity index (χ3v) is 3.94. The number of nitrogens with one attached hydrogen (secondary N) is 1. The molecule has 1 saturated carbocycles. The molecule has 16 heavy (non-hydrogen) atoms. The van der Waals surface area contributed by atoms with Crippen LogP contribution in [0.1, 0.15) is 32.1 Å². The van der Waals surface area contributed by atoms with E-state index in [0.29, 0.717) is 12.3 Å². The molecule has 1 atom stereocenters. The number of nitrogens with two attached hydrogens (primary N) is 1. The average molecular weight is 225 g/mol. The topological polar surface area (TPSA) is 58.4 Å². The number of likely N-dealkylation sites (tertiary alicyclic amines) is 1. The van der Waals surface area contributed by atoms with Crippen LogP contribution in [0, 0.1) is 5.92 Å². The Bertz CT molecular complexity index is 263. The number of carbonyl (C=O) groups is 1. The second-order valence-electron chi connectivity index (χ2n) is 5.61. The Morgan fingerprint density at radius 2 is 2.31 bits per heavy atom. The summed E-state index contributed by atoms with van der Waals surface area (Å²) in [6, 6.07) is 0. The zero-order valence-electron chi connectivity index (χ0n) is 10.2. The quantitative estimate of drug-likeness (QED) is 0.725. The summed E-state index contributed by atoms with van der Waals surface area (Å²) in [4.78, 5) is 14.0. The maximum atomic E-state index is 11.7. The van der Waals surface area contributed by atoms with Gasteiger partial charge in [0, 0.05) is 25.0 Å². The number of hydrogen-bond donors (Lipinski definition) is 2. The molecule has 1 aliphatic carbocycles. The van der Waals surface area contributed by atoms with Gasteiger partial charge in [-0.25, -0.2) is 0 Å². The Morgan fingerprint density at radius 1 is 1.56 bits per heavy atom. The molecule has 4 nitrogen and oxygen atoms in total. The summed E-state index contributed by atoms with van der Waals surface area (Å²) in [7, 11) is 2.13. The van der Waals surface area contributed by atoms with E-state index in [0.717, 1.165) is 32.5 Å². The van der Waals surface area contributed by atoms with Gasteiger partial charge in [-0.2, -0.15) is 0 Å². The lowest BCUT2D eigenvalue weighted by Gasteiger charge is -2.37. The van der Waals surface area contributed by atoms with Crippen LogP contribution in [0.4, 0.5) is 0 Å². The zero-order chi connectivity index (χ0) is 11.6. The molecular formula is C12H23N3O. The van der Waals surface area contributed by atoms with Crippen LogP contribution in [0.25, 0.3) is 0 Å². The lowest BCUT2D eigenvalue weighted by molar-refractivity contribution is -0.123. The van der Waals surface area contributed by atoms with Crippen molar-refractivity contribution in [3.05, 3.63) is 0 Å². The minimum absolute atomic E-state index is 0.136. The largest absolute Gasteiger partial charge is 0.356 e. The first kappa shape index (κ1) is 11.9. The van der Waals surface area contributed by atoms with E-state index < -0.39 is 0 Å². The van der Waals surface area contributed by atoms with E-state index in [2.05, 4.69) is 17.3 Å². The zero-order valence-corrected chi connectivity index (χ0v) is 10.2. The molecule has 1 saturated heterocycles. The molecule has 4 heteroatoms. The maximum Gasteiger partial charge on any atom is 0.221 e. The lowest BCUT2D eigenvalue weighted by atomic mass is 9.75. The van der Waals surface area contributed by atoms with Crippen molar-refractivity contribution in [3.63, 3.8) is 0 Å². The first-order valence-corrected chi connectivity index (χ1v) is 6.31. The molecule has 0 spiro atoms. The highest BCUT2D eigenvalue weighted by Crippen LogP contribution is 2.31. The Morgan fingerprint density at radius 3 is 2.81 bits per heavy atom. The van der Waals surface area contributed by atoms with Crippen LogP contribution in [-0.2, 0) is 4.79 Å². The molecule has 0 aromatic carbocycles. The molecule has 2 aliphatic rings. The van der Waals surface area contributed by atoms with Crippen molar-refractivity contribution in [3.8, 4) is 0 Å². The van der Waals surface area contributed by atoms with Crippen LogP contribution in [0.3, 0.4) is 0 Å². The smallest absolute Gasteiger partial charge is 0.221 e. The van der Waals surface area contributed by atoms with Gasteiger partial charge in [-0.05, 0) is 45.2 Å². The maximum absolute atomic E-state index is 11.7. The van der Waals surface area contributed by atoms with E-state index in [-0.39, 0.29) is 11.4 Å². The van der Waals surface area contributed by atoms with Gasteiger partial charge in [0.25, 0.3) is 0 Å². The molecule has 0 aromatic rings. The molecule has 1 aliphatic heterocycles. The molecule has 92 valence electrons. The van der Waals surface area contributed by atoms with Crippen molar-refractivity contribution in [1.29, 1.82) is 0 Å². The Hall–Kier alpha value is -0.610. The molecule has 0 aromatic heterocycles. The van der Waals surface area contributed by atoms with Gasteiger partial charge in [-0.3, -0.25) is 4.79 Å². The van der Waals surface area contributed by atoms with E-state index in [4.69, 9.17) is 5.73 Å². The summed E-state index contributed by atoms with van der Waals surface area (Å²) < 4.78 is 0. The fourth-order valence-corrected chi connectivity index (χ4v) is 2.64. The summed E-state index contributed by atoms with van der Waals surface area (Å²) in [6.45, 7) is 3.08. The van der Waals surface area contributed by atoms with Crippen LogP contribution in [0.2, 0.25) is 0 Å². The van der Waals surface area contributed by atoms with Gasteiger partial charge in [-0.15, -0.1) is 0 Å². The molecule has 2 rings (SSSR count). The second-order valence-corrected chi connectivity index (χ2v) is 5.61. The van der Waals surface area contributed by atoms with E-state index in [9.17, 15) is 4.79 Å². The van der Waals surface area contributed by atoms with Gasteiger partial charge in [0.15, 0.2) is 0 Å². The van der Waals surface area contributed by atoms with E-state index in [1.54, 1.807) is 0 Å². The molecule has 0 radical (unpaired) electrons. The van der Waals surface area contributed by atoms with Crippen molar-refractivity contribution in [2.45, 2.75) is 37.6 Å². The van der Waals surface area contributed by atoms with Gasteiger partial charge < -0.3 is 16.0 Å². The molecule has 1 heterocycles. The molecule has 0 bridgehead atoms. The van der Waals surface area contributed by atoms with Crippen LogP contribution in [0.15, 0.2) is 0 Å². The van der Waals surface area contributed by atoms with Crippen molar-refractivity contribution >= 4 is 5.91 Å². The monoisotopic (exact) mass is 225 g/mol. The fraction of sp³-hybridized carbons (Fsp3) is 0.917. The number of carbonyl (C=O) groups excluding carboxylic acids is 1. The number of rotatable bonds is 4. The Balaban J connectivity index is 1.64. The van der Waals surface area contributed by atoms with Crippen molar-refractivity contribution in [2.75, 3.05) is 26.7 Å². The molecule has 1 amide bonds. The van der Waals surface area contributed by atoms with Gasteiger partial charge in [-0.1, -0.05) is 0 Å². The normalized spacial score (nSPS) is 28.8. The summed E-state index contributed by atoms with van der Waals surface area (Å²) in [5.41, 5.74) is 5.86. The predicted molar refractivity (Wildman–Crippen MR) is 64.0 cm³/mol. The second kappa shape index (κ2) is 4.72. The van der Waals surface area contributed by atoms with Crippen molar-refractivity contribution in [2.24, 2.45) is 11.7 Å². The minimum Gasteiger partial charge on any atom is -0.356 e. The summed E-state index contributed by atoms with van der Waals surface area (Å²) in [5.74, 6) is 0.765. The summed E-state index contributed by atoms with van der Waals surface area (Å²) in [6.07, 6.45) is 4.90. The van der Waals surface area contributed by atoms with Crippen LogP contribution < -0.4 is 11.1 Å². The lowest BCUT2D eigenvalue weighted by Crippen LogP contribution is -2.50. The third-order valence-electron chi connectivity index (χ3n) is 3.94. The van der Waals surface area contributed by atoms with Crippen LogP contribution in [0.5, 0.6) is 0 Å². The number of nitrogens with zero attached hydrogens (tertiary/aromatic N) is 1. The Kier molecular flexibility index (Phi) is 3.50. The van der Waals surface area contributed by atoms with E-state index >= 15 is 0 Å². The number of hydrogen-bond acceptors (Lipinski definition) is 3. The summed E-state index contributed by atoms with van der Waals surface area (Å²) >= 11 is 0. The van der Waals surface area contributed by atoms with E-state index in [1.165, 1.54) is 12.8 Å². The first-order chi connectivity index (χ1) is 7.57. The SMILES string of the molecule is CN1CCC(CNC(=O)CC2(N)CCC2)C1. The average Bonchev–Trinajstić information content (AvgIpc) is 2.59. The van der Waals surface area contributed by atoms with E-state index in [1.807, 2.05) is 0 Å². The molecule has 2 fully saturated rings. The minimum atomic E-state index is -0.184. The highest BCUT2D eigenvalue weighted by atomic mass is 16.1. The van der Waals surface area contributed by atoms with Gasteiger partial charge in [0.05, 0.1) is 0 Å². The van der Waals surface area contributed by atoms with Crippen molar-refractivity contribution in [1.82, 2.24) is 10.2 Å². The van der Waals surface area contributed by atoms with Crippen LogP contribution in [-0.4, -0.2) is 43.0 Å². The molecular weight excluding hydrogens is 202 g/mol. The molecule has 3 N–H and O–H groups in total. The highest BCUT2D eigenvalue weighted by molar-refractivity contribution is 5.77. The predicted octanol–water partition coefficient (Wildman–Crippen LogP) is 0.326. The van der Waals surface area contributed by atoms with Gasteiger partial charge in [0.2, 0.25) is 5.91 Å². The first-order valence-electron chi connectivity index (χ1n) is 6.31. The summed E-state index contributed by atoms with van der Waals surface area (Å²) in [5, 5.41) is 3.02. The third kappa shape index (κ3) is 2.95.